The molecule has 1 atom stereocenters. The van der Waals surface area contributed by atoms with E-state index >= 15 is 0 Å². The third-order valence-corrected chi connectivity index (χ3v) is 11.1. The van der Waals surface area contributed by atoms with Crippen LogP contribution in [0.25, 0.3) is 0 Å². The summed E-state index contributed by atoms with van der Waals surface area (Å²) in [5, 5.41) is 1.58. The van der Waals surface area contributed by atoms with Crippen LogP contribution in [0.5, 0.6) is 0 Å². The third kappa shape index (κ3) is 3.41. The van der Waals surface area contributed by atoms with Crippen LogP contribution in [0.2, 0.25) is 5.54 Å². The van der Waals surface area contributed by atoms with Crippen LogP contribution in [-0.4, -0.2) is 43.7 Å². The van der Waals surface area contributed by atoms with Gasteiger partial charge in [0.15, 0.2) is 0 Å². The van der Waals surface area contributed by atoms with Crippen molar-refractivity contribution in [3.05, 3.63) is 30.3 Å². The SMILES string of the molecule is CCC(C)[Si](c1ccccc1)(N(CC)CC)N(CC)CC. The Morgan fingerprint density at radius 2 is 1.24 bits per heavy atom. The van der Waals surface area contributed by atoms with Crippen LogP contribution in [-0.2, 0) is 0 Å². The van der Waals surface area contributed by atoms with Crippen molar-refractivity contribution in [2.45, 2.75) is 53.5 Å². The van der Waals surface area contributed by atoms with Gasteiger partial charge in [-0.3, -0.25) is 0 Å². The van der Waals surface area contributed by atoms with Crippen LogP contribution in [0.4, 0.5) is 0 Å². The predicted octanol–water partition coefficient (Wildman–Crippen LogP) is 3.82. The molecule has 0 aromatic heterocycles. The first-order valence-corrected chi connectivity index (χ1v) is 10.7. The molecule has 0 saturated heterocycles. The van der Waals surface area contributed by atoms with E-state index in [0.717, 1.165) is 31.7 Å². The van der Waals surface area contributed by atoms with Crippen LogP contribution in [0.3, 0.4) is 0 Å². The van der Waals surface area contributed by atoms with Crippen molar-refractivity contribution in [2.75, 3.05) is 26.2 Å². The maximum Gasteiger partial charge on any atom is 0.242 e. The lowest BCUT2D eigenvalue weighted by molar-refractivity contribution is 0.348. The molecule has 0 aliphatic rings. The van der Waals surface area contributed by atoms with Crippen LogP contribution in [0, 0.1) is 0 Å². The topological polar surface area (TPSA) is 6.48 Å². The molecule has 21 heavy (non-hydrogen) atoms. The summed E-state index contributed by atoms with van der Waals surface area (Å²) < 4.78 is 5.56. The first kappa shape index (κ1) is 18.4. The van der Waals surface area contributed by atoms with E-state index in [9.17, 15) is 0 Å². The van der Waals surface area contributed by atoms with Gasteiger partial charge in [0, 0.05) is 0 Å². The molecular weight excluding hydrogens is 272 g/mol. The third-order valence-electron chi connectivity index (χ3n) is 4.99. The Morgan fingerprint density at radius 1 is 0.810 bits per heavy atom. The van der Waals surface area contributed by atoms with E-state index in [1.165, 1.54) is 6.42 Å². The van der Waals surface area contributed by atoms with Gasteiger partial charge >= 0.3 is 0 Å². The van der Waals surface area contributed by atoms with Crippen LogP contribution in [0.1, 0.15) is 48.0 Å². The summed E-state index contributed by atoms with van der Waals surface area (Å²) in [5.74, 6) is 0. The summed E-state index contributed by atoms with van der Waals surface area (Å²) >= 11 is 0. The molecule has 0 aliphatic heterocycles. The Kier molecular flexibility index (Phi) is 7.64. The second kappa shape index (κ2) is 8.72. The highest BCUT2D eigenvalue weighted by Gasteiger charge is 2.48. The molecular formula is C18H34N2Si. The fourth-order valence-electron chi connectivity index (χ4n) is 3.85. The predicted molar refractivity (Wildman–Crippen MR) is 97.4 cm³/mol. The van der Waals surface area contributed by atoms with Crippen molar-refractivity contribution in [1.29, 1.82) is 0 Å². The van der Waals surface area contributed by atoms with Gasteiger partial charge in [0.2, 0.25) is 8.40 Å². The Bertz CT molecular complexity index is 373. The van der Waals surface area contributed by atoms with Gasteiger partial charge in [-0.2, -0.15) is 0 Å². The largest absolute Gasteiger partial charge is 0.308 e. The average Bonchev–Trinajstić information content (AvgIpc) is 2.55. The van der Waals surface area contributed by atoms with Gasteiger partial charge in [-0.1, -0.05) is 78.3 Å². The standard InChI is InChI=1S/C18H34N2Si/c1-7-17(6)21(19(8-2)9-3,20(10-4)11-5)18-15-13-12-14-16-18/h12-17H,7-11H2,1-6H3. The molecule has 1 rings (SSSR count). The van der Waals surface area contributed by atoms with Gasteiger partial charge in [0.05, 0.1) is 0 Å². The van der Waals surface area contributed by atoms with Crippen molar-refractivity contribution in [1.82, 2.24) is 9.13 Å². The zero-order valence-electron chi connectivity index (χ0n) is 14.9. The number of hydrogen-bond donors (Lipinski definition) is 0. The number of benzene rings is 1. The normalized spacial score (nSPS) is 13.9. The van der Waals surface area contributed by atoms with E-state index < -0.39 is 8.40 Å². The highest BCUT2D eigenvalue weighted by atomic mass is 28.3. The summed E-state index contributed by atoms with van der Waals surface area (Å²) in [5.41, 5.74) is 0.722. The lowest BCUT2D eigenvalue weighted by Crippen LogP contribution is -2.74. The van der Waals surface area contributed by atoms with Gasteiger partial charge in [0.1, 0.15) is 0 Å². The Hall–Kier alpha value is -0.643. The van der Waals surface area contributed by atoms with Gasteiger partial charge in [-0.05, 0) is 36.9 Å². The summed E-state index contributed by atoms with van der Waals surface area (Å²) in [6.07, 6.45) is 1.24. The minimum atomic E-state index is -1.87. The van der Waals surface area contributed by atoms with Crippen molar-refractivity contribution in [3.63, 3.8) is 0 Å². The van der Waals surface area contributed by atoms with Crippen molar-refractivity contribution in [3.8, 4) is 0 Å². The number of nitrogens with zero attached hydrogens (tertiary/aromatic N) is 2. The van der Waals surface area contributed by atoms with Gasteiger partial charge in [-0.25, -0.2) is 0 Å². The molecule has 0 saturated carbocycles. The molecule has 0 N–H and O–H groups in total. The van der Waals surface area contributed by atoms with Gasteiger partial charge in [-0.15, -0.1) is 0 Å². The second-order valence-electron chi connectivity index (χ2n) is 5.75. The van der Waals surface area contributed by atoms with E-state index in [2.05, 4.69) is 81.0 Å². The first-order valence-electron chi connectivity index (χ1n) is 8.68. The van der Waals surface area contributed by atoms with E-state index in [-0.39, 0.29) is 0 Å². The average molecular weight is 307 g/mol. The van der Waals surface area contributed by atoms with Crippen LogP contribution < -0.4 is 5.19 Å². The molecule has 120 valence electrons. The molecule has 1 aromatic carbocycles. The molecule has 1 unspecified atom stereocenters. The lowest BCUT2D eigenvalue weighted by Gasteiger charge is -2.51. The zero-order valence-corrected chi connectivity index (χ0v) is 15.9. The molecule has 0 radical (unpaired) electrons. The van der Waals surface area contributed by atoms with Crippen molar-refractivity contribution >= 4 is 13.6 Å². The molecule has 0 bridgehead atoms. The van der Waals surface area contributed by atoms with Gasteiger partial charge < -0.3 is 9.13 Å². The maximum atomic E-state index is 2.78. The monoisotopic (exact) mass is 306 g/mol. The second-order valence-corrected chi connectivity index (χ2v) is 10.0. The minimum absolute atomic E-state index is 0.722. The maximum absolute atomic E-state index is 2.78. The molecule has 0 spiro atoms. The minimum Gasteiger partial charge on any atom is -0.308 e. The number of rotatable bonds is 9. The van der Waals surface area contributed by atoms with E-state index in [1.807, 2.05) is 0 Å². The van der Waals surface area contributed by atoms with E-state index in [0.29, 0.717) is 0 Å². The molecule has 0 aliphatic carbocycles. The molecule has 0 fully saturated rings. The van der Waals surface area contributed by atoms with Crippen molar-refractivity contribution < 1.29 is 0 Å². The summed E-state index contributed by atoms with van der Waals surface area (Å²) in [4.78, 5) is 0. The van der Waals surface area contributed by atoms with Crippen LogP contribution >= 0.6 is 0 Å². The lowest BCUT2D eigenvalue weighted by atomic mass is 10.4. The Morgan fingerprint density at radius 3 is 1.57 bits per heavy atom. The molecule has 3 heteroatoms. The van der Waals surface area contributed by atoms with E-state index in [1.54, 1.807) is 5.19 Å². The summed E-state index contributed by atoms with van der Waals surface area (Å²) in [7, 11) is -1.87. The van der Waals surface area contributed by atoms with Crippen LogP contribution in [0.15, 0.2) is 30.3 Å². The zero-order chi connectivity index (χ0) is 15.9. The summed E-state index contributed by atoms with van der Waals surface area (Å²) in [6, 6.07) is 11.3. The highest BCUT2D eigenvalue weighted by molar-refractivity contribution is 6.88. The fraction of sp³-hybridized carbons (Fsp3) is 0.667. The smallest absolute Gasteiger partial charge is 0.242 e. The van der Waals surface area contributed by atoms with E-state index in [4.69, 9.17) is 0 Å². The quantitative estimate of drug-likeness (QED) is 0.640. The highest BCUT2D eigenvalue weighted by Crippen LogP contribution is 2.31. The van der Waals surface area contributed by atoms with Gasteiger partial charge in [0.25, 0.3) is 0 Å². The molecule has 0 heterocycles. The Labute approximate surface area is 133 Å². The molecule has 1 aromatic rings. The molecule has 2 nitrogen and oxygen atoms in total. The Balaban J connectivity index is 3.55. The summed E-state index contributed by atoms with van der Waals surface area (Å²) in [6.45, 7) is 18.6. The first-order chi connectivity index (χ1) is 10.1. The molecule has 0 amide bonds. The fourth-order valence-corrected chi connectivity index (χ4v) is 9.98. The number of hydrogen-bond acceptors (Lipinski definition) is 2. The van der Waals surface area contributed by atoms with Crippen molar-refractivity contribution in [2.24, 2.45) is 0 Å².